The summed E-state index contributed by atoms with van der Waals surface area (Å²) in [5, 5.41) is 10.9. The van der Waals surface area contributed by atoms with Crippen molar-refractivity contribution in [1.82, 2.24) is 0 Å². The van der Waals surface area contributed by atoms with Gasteiger partial charge in [0.2, 0.25) is 6.08 Å². The zero-order chi connectivity index (χ0) is 16.8. The van der Waals surface area contributed by atoms with Crippen LogP contribution in [0.4, 0.5) is 0 Å². The van der Waals surface area contributed by atoms with Crippen LogP contribution in [0.1, 0.15) is 40.5 Å². The highest BCUT2D eigenvalue weighted by Crippen LogP contribution is 2.33. The summed E-state index contributed by atoms with van der Waals surface area (Å²) in [7, 11) is 0. The Bertz CT molecular complexity index is 502. The quantitative estimate of drug-likeness (QED) is 0.401. The first kappa shape index (κ1) is 19.2. The highest BCUT2D eigenvalue weighted by atomic mass is 16.3. The molecular weight excluding hydrogens is 270 g/mol. The summed E-state index contributed by atoms with van der Waals surface area (Å²) < 4.78 is 0. The third-order valence-electron chi connectivity index (χ3n) is 3.48. The lowest BCUT2D eigenvalue weighted by Crippen LogP contribution is -2.56. The van der Waals surface area contributed by atoms with Crippen LogP contribution >= 0.6 is 0 Å². The lowest BCUT2D eigenvalue weighted by atomic mass is 9.71. The molecule has 0 aliphatic rings. The molecule has 1 N–H and O–H groups in total. The number of aliphatic hydroxyl groups is 1. The van der Waals surface area contributed by atoms with E-state index in [0.29, 0.717) is 6.42 Å². The molecule has 5 heteroatoms. The highest BCUT2D eigenvalue weighted by Gasteiger charge is 2.51. The molecule has 0 radical (unpaired) electrons. The van der Waals surface area contributed by atoms with Crippen LogP contribution in [0.15, 0.2) is 29.3 Å². The van der Waals surface area contributed by atoms with Crippen molar-refractivity contribution in [3.8, 4) is 0 Å². The zero-order valence-corrected chi connectivity index (χ0v) is 13.1. The second kappa shape index (κ2) is 7.81. The lowest BCUT2D eigenvalue weighted by Gasteiger charge is -2.36. The number of isocyanates is 1. The molecule has 0 aliphatic carbocycles. The monoisotopic (exact) mass is 293 g/mol. The van der Waals surface area contributed by atoms with Crippen molar-refractivity contribution in [2.45, 2.75) is 52.2 Å². The fraction of sp³-hybridized carbons (Fsp3) is 0.562. The van der Waals surface area contributed by atoms with Gasteiger partial charge in [-0.15, -0.1) is 0 Å². The number of ketones is 2. The van der Waals surface area contributed by atoms with Crippen molar-refractivity contribution in [3.05, 3.63) is 24.3 Å². The van der Waals surface area contributed by atoms with Crippen molar-refractivity contribution in [1.29, 1.82) is 0 Å². The zero-order valence-electron chi connectivity index (χ0n) is 13.1. The van der Waals surface area contributed by atoms with E-state index < -0.39 is 29.1 Å². The number of nitrogens with zero attached hydrogens (tertiary/aromatic N) is 1. The standard InChI is InChI=1S/C16H23NO4/c1-7-8-13(14(19)10(2)3)16(21,12(6)17-9-18)15(20)11(4)5/h12-13,21H,2,4,7-8H2,1,3,5-6H3. The smallest absolute Gasteiger partial charge is 0.235 e. The Morgan fingerprint density at radius 1 is 1.29 bits per heavy atom. The molecule has 0 aromatic heterocycles. The number of hydrogen-bond acceptors (Lipinski definition) is 5. The first-order valence-electron chi connectivity index (χ1n) is 6.83. The summed E-state index contributed by atoms with van der Waals surface area (Å²) in [6, 6.07) is -1.10. The van der Waals surface area contributed by atoms with E-state index in [1.807, 2.05) is 6.92 Å². The molecule has 3 unspecified atom stereocenters. The number of carbonyl (C=O) groups is 2. The summed E-state index contributed by atoms with van der Waals surface area (Å²) in [4.78, 5) is 38.7. The van der Waals surface area contributed by atoms with Crippen LogP contribution in [0.5, 0.6) is 0 Å². The first-order valence-corrected chi connectivity index (χ1v) is 6.83. The molecule has 0 aliphatic heterocycles. The van der Waals surface area contributed by atoms with Crippen LogP contribution in [-0.2, 0) is 14.4 Å². The maximum atomic E-state index is 12.4. The topological polar surface area (TPSA) is 83.8 Å². The molecular formula is C16H23NO4. The van der Waals surface area contributed by atoms with Crippen molar-refractivity contribution in [3.63, 3.8) is 0 Å². The summed E-state index contributed by atoms with van der Waals surface area (Å²) in [6.07, 6.45) is 2.19. The Labute approximate surface area is 125 Å². The fourth-order valence-electron chi connectivity index (χ4n) is 2.30. The molecule has 0 aromatic carbocycles. The molecule has 21 heavy (non-hydrogen) atoms. The van der Waals surface area contributed by atoms with Crippen molar-refractivity contribution < 1.29 is 19.5 Å². The SMILES string of the molecule is C=C(C)C(=O)C(CCC)C(O)(C(=O)C(=C)C)C(C)N=C=O. The molecule has 0 saturated heterocycles. The molecule has 5 nitrogen and oxygen atoms in total. The second-order valence-corrected chi connectivity index (χ2v) is 5.32. The van der Waals surface area contributed by atoms with E-state index >= 15 is 0 Å². The fourth-order valence-corrected chi connectivity index (χ4v) is 2.30. The van der Waals surface area contributed by atoms with Crippen LogP contribution in [0.25, 0.3) is 0 Å². The van der Waals surface area contributed by atoms with Crippen molar-refractivity contribution in [2.24, 2.45) is 10.9 Å². The molecule has 0 saturated carbocycles. The van der Waals surface area contributed by atoms with Gasteiger partial charge >= 0.3 is 0 Å². The Balaban J connectivity index is 6.10. The largest absolute Gasteiger partial charge is 0.379 e. The normalized spacial score (nSPS) is 16.0. The van der Waals surface area contributed by atoms with Crippen molar-refractivity contribution >= 4 is 17.6 Å². The summed E-state index contributed by atoms with van der Waals surface area (Å²) in [6.45, 7) is 13.3. The number of allylic oxidation sites excluding steroid dienone is 1. The molecule has 3 atom stereocenters. The average molecular weight is 293 g/mol. The van der Waals surface area contributed by atoms with Gasteiger partial charge < -0.3 is 5.11 Å². The molecule has 0 rings (SSSR count). The van der Waals surface area contributed by atoms with Gasteiger partial charge in [-0.2, -0.15) is 4.99 Å². The Morgan fingerprint density at radius 2 is 1.81 bits per heavy atom. The van der Waals surface area contributed by atoms with E-state index in [4.69, 9.17) is 0 Å². The minimum atomic E-state index is -2.12. The van der Waals surface area contributed by atoms with Gasteiger partial charge in [-0.25, -0.2) is 4.79 Å². The predicted molar refractivity (Wildman–Crippen MR) is 80.6 cm³/mol. The molecule has 0 amide bonds. The van der Waals surface area contributed by atoms with E-state index in [2.05, 4.69) is 18.2 Å². The number of rotatable bonds is 9. The average Bonchev–Trinajstić information content (AvgIpc) is 2.42. The summed E-state index contributed by atoms with van der Waals surface area (Å²) >= 11 is 0. The molecule has 0 aromatic rings. The van der Waals surface area contributed by atoms with Gasteiger partial charge in [0.1, 0.15) is 0 Å². The van der Waals surface area contributed by atoms with Gasteiger partial charge in [0.25, 0.3) is 0 Å². The van der Waals surface area contributed by atoms with E-state index in [9.17, 15) is 19.5 Å². The number of aliphatic imine (C=N–C) groups is 1. The van der Waals surface area contributed by atoms with Gasteiger partial charge in [0.15, 0.2) is 17.2 Å². The van der Waals surface area contributed by atoms with E-state index in [1.165, 1.54) is 26.9 Å². The van der Waals surface area contributed by atoms with Gasteiger partial charge in [-0.3, -0.25) is 9.59 Å². The molecule has 0 bridgehead atoms. The van der Waals surface area contributed by atoms with E-state index in [-0.39, 0.29) is 17.6 Å². The van der Waals surface area contributed by atoms with Crippen molar-refractivity contribution in [2.75, 3.05) is 0 Å². The number of Topliss-reactive ketones (excluding diaryl/α,β-unsaturated/α-hetero) is 2. The van der Waals surface area contributed by atoms with Gasteiger partial charge in [-0.1, -0.05) is 26.5 Å². The van der Waals surface area contributed by atoms with Crippen LogP contribution in [0.2, 0.25) is 0 Å². The Hall–Kier alpha value is -1.84. The van der Waals surface area contributed by atoms with Gasteiger partial charge in [0.05, 0.1) is 12.0 Å². The predicted octanol–water partition coefficient (Wildman–Crippen LogP) is 2.15. The maximum Gasteiger partial charge on any atom is 0.235 e. The number of hydrogen-bond donors (Lipinski definition) is 1. The highest BCUT2D eigenvalue weighted by molar-refractivity contribution is 6.07. The first-order chi connectivity index (χ1) is 9.64. The third kappa shape index (κ3) is 4.06. The summed E-state index contributed by atoms with van der Waals surface area (Å²) in [5.74, 6) is -2.12. The minimum Gasteiger partial charge on any atom is -0.379 e. The lowest BCUT2D eigenvalue weighted by molar-refractivity contribution is -0.149. The summed E-state index contributed by atoms with van der Waals surface area (Å²) in [5.41, 5.74) is -1.78. The third-order valence-corrected chi connectivity index (χ3v) is 3.48. The molecule has 0 fully saturated rings. The van der Waals surface area contributed by atoms with Gasteiger partial charge in [-0.05, 0) is 38.3 Å². The molecule has 116 valence electrons. The van der Waals surface area contributed by atoms with E-state index in [1.54, 1.807) is 0 Å². The van der Waals surface area contributed by atoms with Crippen LogP contribution in [0.3, 0.4) is 0 Å². The van der Waals surface area contributed by atoms with Gasteiger partial charge in [0, 0.05) is 0 Å². The van der Waals surface area contributed by atoms with E-state index in [0.717, 1.165) is 0 Å². The maximum absolute atomic E-state index is 12.4. The van der Waals surface area contributed by atoms with Crippen LogP contribution in [0, 0.1) is 5.92 Å². The number of carbonyl (C=O) groups excluding carboxylic acids is 3. The van der Waals surface area contributed by atoms with Crippen LogP contribution in [-0.4, -0.2) is 34.4 Å². The molecule has 0 heterocycles. The second-order valence-electron chi connectivity index (χ2n) is 5.32. The minimum absolute atomic E-state index is 0.0982. The van der Waals surface area contributed by atoms with Crippen LogP contribution < -0.4 is 0 Å². The molecule has 0 spiro atoms. The Kier molecular flexibility index (Phi) is 7.13. The Morgan fingerprint density at radius 3 is 2.14 bits per heavy atom.